The fraction of sp³-hybridized carbons (Fsp3) is 0.791. The van der Waals surface area contributed by atoms with E-state index in [9.17, 15) is 14.7 Å². The number of ether oxygens (including phenoxy) is 2. The van der Waals surface area contributed by atoms with E-state index in [1.807, 2.05) is 0 Å². The first kappa shape index (κ1) is 69.3. The number of unbranched alkanes of at least 4 members (excludes halogenated alkanes) is 38. The molecule has 0 bridgehead atoms. The van der Waals surface area contributed by atoms with Crippen molar-refractivity contribution < 1.29 is 24.2 Å². The molecule has 0 amide bonds. The van der Waals surface area contributed by atoms with Gasteiger partial charge < -0.3 is 14.6 Å². The second-order valence-electron chi connectivity index (χ2n) is 21.1. The molecule has 0 rings (SSSR count). The average molecular weight is 1010 g/mol. The molecule has 0 aliphatic carbocycles. The molecular formula is C67H120O5. The Hall–Kier alpha value is -2.66. The van der Waals surface area contributed by atoms with Crippen LogP contribution in [0.15, 0.2) is 72.9 Å². The molecule has 0 radical (unpaired) electrons. The van der Waals surface area contributed by atoms with Crippen LogP contribution in [0.3, 0.4) is 0 Å². The predicted octanol–water partition coefficient (Wildman–Crippen LogP) is 21.5. The largest absolute Gasteiger partial charge is 0.462 e. The molecule has 0 saturated carbocycles. The Kier molecular flexibility index (Phi) is 60.3. The molecule has 0 aromatic rings. The summed E-state index contributed by atoms with van der Waals surface area (Å²) < 4.78 is 10.7. The van der Waals surface area contributed by atoms with Crippen molar-refractivity contribution in [2.24, 2.45) is 0 Å². The van der Waals surface area contributed by atoms with Crippen molar-refractivity contribution in [2.45, 2.75) is 328 Å². The topological polar surface area (TPSA) is 72.8 Å². The lowest BCUT2D eigenvalue weighted by Crippen LogP contribution is -2.28. The van der Waals surface area contributed by atoms with Crippen LogP contribution in [0.5, 0.6) is 0 Å². The summed E-state index contributed by atoms with van der Waals surface area (Å²) in [6, 6.07) is 0. The van der Waals surface area contributed by atoms with Gasteiger partial charge in [-0.05, 0) is 64.2 Å². The highest BCUT2D eigenvalue weighted by Crippen LogP contribution is 2.18. The second kappa shape index (κ2) is 62.6. The summed E-state index contributed by atoms with van der Waals surface area (Å²) in [6.07, 6.45) is 86.2. The smallest absolute Gasteiger partial charge is 0.306 e. The Labute approximate surface area is 448 Å². The van der Waals surface area contributed by atoms with Gasteiger partial charge in [0.2, 0.25) is 0 Å². The van der Waals surface area contributed by atoms with Crippen molar-refractivity contribution in [3.05, 3.63) is 72.9 Å². The number of rotatable bonds is 58. The number of hydrogen-bond acceptors (Lipinski definition) is 5. The maximum Gasteiger partial charge on any atom is 0.306 e. The van der Waals surface area contributed by atoms with Gasteiger partial charge in [-0.25, -0.2) is 0 Å². The molecule has 5 nitrogen and oxygen atoms in total. The molecule has 72 heavy (non-hydrogen) atoms. The number of aliphatic hydroxyl groups excluding tert-OH is 1. The van der Waals surface area contributed by atoms with Crippen molar-refractivity contribution in [1.82, 2.24) is 0 Å². The zero-order valence-corrected chi connectivity index (χ0v) is 47.9. The van der Waals surface area contributed by atoms with Gasteiger partial charge in [0.1, 0.15) is 6.61 Å². The minimum absolute atomic E-state index is 0.0719. The second-order valence-corrected chi connectivity index (χ2v) is 21.1. The SMILES string of the molecule is CC/C=C\C/C=C\C/C=C\C/C=C\C/C=C\C/C=C\CCCCCCCCC(=O)OC(CO)COC(=O)CCCCCCCCCCCCCCCCCCCCCCCCCCCCCCCCCCC. The van der Waals surface area contributed by atoms with Crippen LogP contribution in [-0.2, 0) is 19.1 Å². The van der Waals surface area contributed by atoms with Crippen LogP contribution < -0.4 is 0 Å². The molecule has 1 atom stereocenters. The van der Waals surface area contributed by atoms with Crippen LogP contribution in [-0.4, -0.2) is 36.4 Å². The number of aliphatic hydroxyl groups is 1. The van der Waals surface area contributed by atoms with E-state index in [0.29, 0.717) is 12.8 Å². The normalized spacial score (nSPS) is 12.7. The highest BCUT2D eigenvalue weighted by atomic mass is 16.6. The molecule has 418 valence electrons. The van der Waals surface area contributed by atoms with Crippen molar-refractivity contribution in [3.63, 3.8) is 0 Å². The van der Waals surface area contributed by atoms with E-state index in [0.717, 1.165) is 83.5 Å². The first-order chi connectivity index (χ1) is 35.6. The Bertz CT molecular complexity index is 1270. The van der Waals surface area contributed by atoms with Crippen molar-refractivity contribution in [1.29, 1.82) is 0 Å². The van der Waals surface area contributed by atoms with Gasteiger partial charge in [-0.3, -0.25) is 9.59 Å². The Morgan fingerprint density at radius 1 is 0.333 bits per heavy atom. The van der Waals surface area contributed by atoms with Crippen LogP contribution in [0.4, 0.5) is 0 Å². The zero-order chi connectivity index (χ0) is 52.0. The van der Waals surface area contributed by atoms with Crippen LogP contribution in [0.1, 0.15) is 322 Å². The third kappa shape index (κ3) is 59.9. The van der Waals surface area contributed by atoms with E-state index < -0.39 is 6.10 Å². The third-order valence-corrected chi connectivity index (χ3v) is 14.0. The van der Waals surface area contributed by atoms with E-state index >= 15 is 0 Å². The molecular weight excluding hydrogens is 885 g/mol. The monoisotopic (exact) mass is 1000 g/mol. The first-order valence-electron chi connectivity index (χ1n) is 31.5. The van der Waals surface area contributed by atoms with E-state index in [2.05, 4.69) is 86.8 Å². The molecule has 1 N–H and O–H groups in total. The maximum atomic E-state index is 12.3. The van der Waals surface area contributed by atoms with Gasteiger partial charge in [0.05, 0.1) is 6.61 Å². The lowest BCUT2D eigenvalue weighted by atomic mass is 10.0. The molecule has 1 unspecified atom stereocenters. The lowest BCUT2D eigenvalue weighted by molar-refractivity contribution is -0.161. The third-order valence-electron chi connectivity index (χ3n) is 14.0. The molecule has 0 aliphatic rings. The lowest BCUT2D eigenvalue weighted by Gasteiger charge is -2.15. The molecule has 0 spiro atoms. The van der Waals surface area contributed by atoms with Crippen LogP contribution in [0.25, 0.3) is 0 Å². The standard InChI is InChI=1S/C67H120O5/c1-3-5-7-9-11-13-15-17-19-21-23-25-27-29-30-31-32-33-34-35-36-38-39-41-43-45-47-49-51-53-55-57-59-61-66(69)71-64-65(63-68)72-67(70)62-60-58-56-54-52-50-48-46-44-42-40-37-28-26-24-22-20-18-16-14-12-10-8-6-4-2/h6,8,12,14,18,20,24,26,37,40,44,46,65,68H,3-5,7,9-11,13,15-17,19,21-23,25,27-36,38-39,41-43,45,47-64H2,1-2H3/b8-6-,14-12-,20-18-,26-24-,40-37-,46-44-. The summed E-state index contributed by atoms with van der Waals surface area (Å²) in [5, 5.41) is 9.67. The van der Waals surface area contributed by atoms with E-state index in [1.54, 1.807) is 0 Å². The number of hydrogen-bond donors (Lipinski definition) is 1. The van der Waals surface area contributed by atoms with E-state index in [1.165, 1.54) is 212 Å². The maximum absolute atomic E-state index is 12.3. The van der Waals surface area contributed by atoms with Gasteiger partial charge in [0, 0.05) is 12.8 Å². The van der Waals surface area contributed by atoms with Gasteiger partial charge in [-0.2, -0.15) is 0 Å². The zero-order valence-electron chi connectivity index (χ0n) is 47.9. The van der Waals surface area contributed by atoms with Crippen molar-refractivity contribution in [2.75, 3.05) is 13.2 Å². The van der Waals surface area contributed by atoms with Crippen molar-refractivity contribution in [3.8, 4) is 0 Å². The quantitative estimate of drug-likeness (QED) is 0.0373. The van der Waals surface area contributed by atoms with Crippen LogP contribution in [0, 0.1) is 0 Å². The molecule has 0 aliphatic heterocycles. The van der Waals surface area contributed by atoms with Crippen LogP contribution >= 0.6 is 0 Å². The minimum Gasteiger partial charge on any atom is -0.462 e. The minimum atomic E-state index is -0.784. The summed E-state index contributed by atoms with van der Waals surface area (Å²) in [5.74, 6) is -0.597. The van der Waals surface area contributed by atoms with Gasteiger partial charge in [-0.1, -0.05) is 318 Å². The fourth-order valence-corrected chi connectivity index (χ4v) is 9.33. The summed E-state index contributed by atoms with van der Waals surface area (Å²) in [7, 11) is 0. The number of carbonyl (C=O) groups is 2. The molecule has 0 aromatic heterocycles. The average Bonchev–Trinajstić information content (AvgIpc) is 3.38. The van der Waals surface area contributed by atoms with Gasteiger partial charge in [-0.15, -0.1) is 0 Å². The van der Waals surface area contributed by atoms with Gasteiger partial charge in [0.15, 0.2) is 6.10 Å². The summed E-state index contributed by atoms with van der Waals surface area (Å²) in [4.78, 5) is 24.6. The highest BCUT2D eigenvalue weighted by molar-refractivity contribution is 5.70. The molecule has 0 aromatic carbocycles. The Balaban J connectivity index is 3.45. The molecule has 0 fully saturated rings. The van der Waals surface area contributed by atoms with E-state index in [4.69, 9.17) is 9.47 Å². The van der Waals surface area contributed by atoms with Gasteiger partial charge >= 0.3 is 11.9 Å². The van der Waals surface area contributed by atoms with Crippen molar-refractivity contribution >= 4 is 11.9 Å². The number of carbonyl (C=O) groups excluding carboxylic acids is 2. The van der Waals surface area contributed by atoms with E-state index in [-0.39, 0.29) is 25.2 Å². The first-order valence-corrected chi connectivity index (χ1v) is 31.5. The molecule has 0 saturated heterocycles. The Morgan fingerprint density at radius 3 is 0.903 bits per heavy atom. The fourth-order valence-electron chi connectivity index (χ4n) is 9.33. The van der Waals surface area contributed by atoms with Gasteiger partial charge in [0.25, 0.3) is 0 Å². The number of allylic oxidation sites excluding steroid dienone is 12. The highest BCUT2D eigenvalue weighted by Gasteiger charge is 2.16. The number of esters is 2. The predicted molar refractivity (Wildman–Crippen MR) is 316 cm³/mol. The molecule has 5 heteroatoms. The summed E-state index contributed by atoms with van der Waals surface area (Å²) in [6.45, 7) is 4.05. The Morgan fingerprint density at radius 2 is 0.597 bits per heavy atom. The summed E-state index contributed by atoms with van der Waals surface area (Å²) >= 11 is 0. The molecule has 0 heterocycles. The van der Waals surface area contributed by atoms with Crippen LogP contribution in [0.2, 0.25) is 0 Å². The summed E-state index contributed by atoms with van der Waals surface area (Å²) in [5.41, 5.74) is 0.